The summed E-state index contributed by atoms with van der Waals surface area (Å²) in [5.74, 6) is 2.25. The van der Waals surface area contributed by atoms with Crippen LogP contribution in [0.1, 0.15) is 44.1 Å². The molecule has 0 spiro atoms. The van der Waals surface area contributed by atoms with E-state index in [1.54, 1.807) is 7.11 Å². The van der Waals surface area contributed by atoms with Gasteiger partial charge in [-0.1, -0.05) is 54.1 Å². The quantitative estimate of drug-likeness (QED) is 0.278. The standard InChI is InChI=1S/C29H36ClN7O/c1-38-26-14-13-24(19-25(26)30)33-29-35-27(31-22-11-7-2-3-8-12-22)34-28(36-29)32-23-15-17-37(18-16-23)20-21-9-5-4-6-10-21/h2,4-7,9-10,13-14,19,22-23H,3,8,11-12,15-18,20H2,1H3,(H3,31,32,33,34,35,36). The number of rotatable bonds is 9. The summed E-state index contributed by atoms with van der Waals surface area (Å²) in [6.45, 7) is 3.06. The Labute approximate surface area is 229 Å². The van der Waals surface area contributed by atoms with Gasteiger partial charge in [-0.3, -0.25) is 4.90 Å². The van der Waals surface area contributed by atoms with E-state index in [1.807, 2.05) is 18.2 Å². The van der Waals surface area contributed by atoms with E-state index < -0.39 is 0 Å². The van der Waals surface area contributed by atoms with Crippen LogP contribution in [0.25, 0.3) is 0 Å². The van der Waals surface area contributed by atoms with Gasteiger partial charge in [-0.25, -0.2) is 0 Å². The van der Waals surface area contributed by atoms with Crippen molar-refractivity contribution in [3.63, 3.8) is 0 Å². The number of piperidine rings is 1. The van der Waals surface area contributed by atoms with E-state index in [0.29, 0.717) is 40.7 Å². The summed E-state index contributed by atoms with van der Waals surface area (Å²) >= 11 is 6.34. The second kappa shape index (κ2) is 12.9. The van der Waals surface area contributed by atoms with E-state index in [4.69, 9.17) is 26.3 Å². The summed E-state index contributed by atoms with van der Waals surface area (Å²) in [5.41, 5.74) is 2.14. The Hall–Kier alpha value is -3.36. The Kier molecular flexibility index (Phi) is 8.94. The average molecular weight is 534 g/mol. The summed E-state index contributed by atoms with van der Waals surface area (Å²) in [5, 5.41) is 10.9. The third-order valence-corrected chi connectivity index (χ3v) is 7.35. The Morgan fingerprint density at radius 1 is 0.895 bits per heavy atom. The normalized spacial score (nSPS) is 18.5. The van der Waals surface area contributed by atoms with Gasteiger partial charge in [0.05, 0.1) is 12.1 Å². The predicted octanol–water partition coefficient (Wildman–Crippen LogP) is 6.26. The topological polar surface area (TPSA) is 87.2 Å². The van der Waals surface area contributed by atoms with Crippen LogP contribution in [0.3, 0.4) is 0 Å². The van der Waals surface area contributed by atoms with E-state index in [2.05, 4.69) is 68.3 Å². The molecule has 1 atom stereocenters. The van der Waals surface area contributed by atoms with Crippen molar-refractivity contribution in [2.75, 3.05) is 36.1 Å². The lowest BCUT2D eigenvalue weighted by Crippen LogP contribution is -2.39. The molecule has 1 aliphatic heterocycles. The molecule has 1 saturated heterocycles. The van der Waals surface area contributed by atoms with Crippen LogP contribution >= 0.6 is 11.6 Å². The molecule has 8 nitrogen and oxygen atoms in total. The first-order chi connectivity index (χ1) is 18.6. The predicted molar refractivity (Wildman–Crippen MR) is 154 cm³/mol. The number of hydrogen-bond acceptors (Lipinski definition) is 8. The molecule has 2 aromatic carbocycles. The number of benzene rings is 2. The van der Waals surface area contributed by atoms with Crippen LogP contribution in [0.4, 0.5) is 23.5 Å². The maximum absolute atomic E-state index is 6.34. The monoisotopic (exact) mass is 533 g/mol. The van der Waals surface area contributed by atoms with E-state index in [9.17, 15) is 0 Å². The number of hydrogen-bond donors (Lipinski definition) is 3. The molecule has 2 heterocycles. The molecule has 0 amide bonds. The molecule has 38 heavy (non-hydrogen) atoms. The number of likely N-dealkylation sites (tertiary alicyclic amines) is 1. The molecule has 1 fully saturated rings. The van der Waals surface area contributed by atoms with Crippen LogP contribution in [0.5, 0.6) is 5.75 Å². The zero-order valence-electron chi connectivity index (χ0n) is 21.9. The van der Waals surface area contributed by atoms with Gasteiger partial charge in [0, 0.05) is 37.4 Å². The first-order valence-corrected chi connectivity index (χ1v) is 13.8. The van der Waals surface area contributed by atoms with Gasteiger partial charge in [-0.2, -0.15) is 15.0 Å². The van der Waals surface area contributed by atoms with E-state index in [-0.39, 0.29) is 0 Å². The fourth-order valence-electron chi connectivity index (χ4n) is 4.99. The Morgan fingerprint density at radius 2 is 1.63 bits per heavy atom. The summed E-state index contributed by atoms with van der Waals surface area (Å²) in [6, 6.07) is 16.8. The zero-order chi connectivity index (χ0) is 26.2. The smallest absolute Gasteiger partial charge is 0.233 e. The molecule has 0 saturated carbocycles. The number of methoxy groups -OCH3 is 1. The van der Waals surface area contributed by atoms with Crippen molar-refractivity contribution in [1.29, 1.82) is 0 Å². The van der Waals surface area contributed by atoms with E-state index >= 15 is 0 Å². The Balaban J connectivity index is 1.28. The first kappa shape index (κ1) is 26.3. The van der Waals surface area contributed by atoms with Crippen LogP contribution in [0.15, 0.2) is 60.7 Å². The van der Waals surface area contributed by atoms with Gasteiger partial charge in [-0.15, -0.1) is 0 Å². The molecule has 200 valence electrons. The Bertz CT molecular complexity index is 1210. The number of halogens is 1. The number of aromatic nitrogens is 3. The highest BCUT2D eigenvalue weighted by molar-refractivity contribution is 6.32. The van der Waals surface area contributed by atoms with Gasteiger partial charge >= 0.3 is 0 Å². The average Bonchev–Trinajstić information content (AvgIpc) is 3.19. The van der Waals surface area contributed by atoms with Crippen molar-refractivity contribution >= 4 is 35.1 Å². The molecule has 0 bridgehead atoms. The van der Waals surface area contributed by atoms with Gasteiger partial charge in [0.2, 0.25) is 17.8 Å². The molecule has 9 heteroatoms. The maximum Gasteiger partial charge on any atom is 0.233 e. The number of anilines is 4. The molecular formula is C29H36ClN7O. The van der Waals surface area contributed by atoms with Gasteiger partial charge in [0.15, 0.2) is 0 Å². The van der Waals surface area contributed by atoms with Crippen LogP contribution in [-0.2, 0) is 6.54 Å². The minimum absolute atomic E-state index is 0.300. The number of nitrogens with zero attached hydrogens (tertiary/aromatic N) is 4. The lowest BCUT2D eigenvalue weighted by atomic mass is 10.0. The number of allylic oxidation sites excluding steroid dienone is 1. The zero-order valence-corrected chi connectivity index (χ0v) is 22.6. The van der Waals surface area contributed by atoms with Gasteiger partial charge in [0.25, 0.3) is 0 Å². The minimum atomic E-state index is 0.300. The van der Waals surface area contributed by atoms with E-state index in [1.165, 1.54) is 5.56 Å². The van der Waals surface area contributed by atoms with Crippen molar-refractivity contribution < 1.29 is 4.74 Å². The maximum atomic E-state index is 6.34. The summed E-state index contributed by atoms with van der Waals surface area (Å²) in [4.78, 5) is 16.7. The third-order valence-electron chi connectivity index (χ3n) is 7.06. The van der Waals surface area contributed by atoms with Gasteiger partial charge in [0.1, 0.15) is 5.75 Å². The molecule has 5 rings (SSSR count). The molecule has 1 aliphatic carbocycles. The SMILES string of the molecule is COc1ccc(Nc2nc(NC3CC=CCCC3)nc(NC3CCN(Cc4ccccc4)CC3)n2)cc1Cl. The fraction of sp³-hybridized carbons (Fsp3) is 0.414. The molecule has 3 aromatic rings. The molecule has 1 aromatic heterocycles. The summed E-state index contributed by atoms with van der Waals surface area (Å²) in [7, 11) is 1.60. The van der Waals surface area contributed by atoms with Crippen LogP contribution < -0.4 is 20.7 Å². The molecule has 1 unspecified atom stereocenters. The highest BCUT2D eigenvalue weighted by Crippen LogP contribution is 2.29. The van der Waals surface area contributed by atoms with Crippen molar-refractivity contribution in [2.24, 2.45) is 0 Å². The molecule has 2 aliphatic rings. The lowest BCUT2D eigenvalue weighted by Gasteiger charge is -2.32. The van der Waals surface area contributed by atoms with Gasteiger partial charge in [-0.05, 0) is 62.3 Å². The second-order valence-electron chi connectivity index (χ2n) is 9.94. The highest BCUT2D eigenvalue weighted by Gasteiger charge is 2.21. The minimum Gasteiger partial charge on any atom is -0.495 e. The van der Waals surface area contributed by atoms with Gasteiger partial charge < -0.3 is 20.7 Å². The third kappa shape index (κ3) is 7.36. The van der Waals surface area contributed by atoms with Crippen LogP contribution in [-0.4, -0.2) is 52.1 Å². The fourth-order valence-corrected chi connectivity index (χ4v) is 5.24. The summed E-state index contributed by atoms with van der Waals surface area (Å²) < 4.78 is 5.28. The van der Waals surface area contributed by atoms with Crippen molar-refractivity contribution in [3.8, 4) is 5.75 Å². The van der Waals surface area contributed by atoms with Crippen LogP contribution in [0.2, 0.25) is 5.02 Å². The molecular weight excluding hydrogens is 498 g/mol. The van der Waals surface area contributed by atoms with Crippen molar-refractivity contribution in [3.05, 3.63) is 71.3 Å². The lowest BCUT2D eigenvalue weighted by molar-refractivity contribution is 0.211. The van der Waals surface area contributed by atoms with Crippen molar-refractivity contribution in [2.45, 2.75) is 57.2 Å². The Morgan fingerprint density at radius 3 is 2.37 bits per heavy atom. The first-order valence-electron chi connectivity index (χ1n) is 13.5. The van der Waals surface area contributed by atoms with Crippen molar-refractivity contribution in [1.82, 2.24) is 19.9 Å². The molecule has 0 radical (unpaired) electrons. The number of ether oxygens (including phenoxy) is 1. The highest BCUT2D eigenvalue weighted by atomic mass is 35.5. The molecule has 3 N–H and O–H groups in total. The van der Waals surface area contributed by atoms with E-state index in [0.717, 1.165) is 63.8 Å². The largest absolute Gasteiger partial charge is 0.495 e. The summed E-state index contributed by atoms with van der Waals surface area (Å²) in [6.07, 6.45) is 10.9. The second-order valence-corrected chi connectivity index (χ2v) is 10.3. The van der Waals surface area contributed by atoms with Crippen LogP contribution in [0, 0.1) is 0 Å². The number of nitrogens with one attached hydrogen (secondary N) is 3.